The van der Waals surface area contributed by atoms with Crippen molar-refractivity contribution in [2.24, 2.45) is 0 Å². The van der Waals surface area contributed by atoms with Crippen molar-refractivity contribution in [2.75, 3.05) is 10.0 Å². The normalized spacial score (nSPS) is 11.4. The second kappa shape index (κ2) is 8.25. The Morgan fingerprint density at radius 3 is 2.50 bits per heavy atom. The van der Waals surface area contributed by atoms with Crippen molar-refractivity contribution in [3.8, 4) is 5.82 Å². The molecule has 3 aromatic heterocycles. The number of anilines is 3. The molecule has 0 spiro atoms. The Morgan fingerprint density at radius 1 is 1.07 bits per heavy atom. The Balaban J connectivity index is 1.49. The highest BCUT2D eigenvalue weighted by molar-refractivity contribution is 7.94. The standard InChI is InChI=1S/C20H20N6O2S2/c1-3-17-8-9-20(29-17)30(27,28)25-16-6-4-15(5-7-16)24-18-12-19(23-14(2)22-18)26-11-10-21-13-26/h4-13,25H,3H2,1-2H3,(H,22,23,24). The van der Waals surface area contributed by atoms with Crippen molar-refractivity contribution < 1.29 is 8.42 Å². The minimum absolute atomic E-state index is 0.310. The highest BCUT2D eigenvalue weighted by Crippen LogP contribution is 2.25. The van der Waals surface area contributed by atoms with Crippen LogP contribution in [0, 0.1) is 6.92 Å². The van der Waals surface area contributed by atoms with Gasteiger partial charge in [0.25, 0.3) is 10.0 Å². The number of benzene rings is 1. The largest absolute Gasteiger partial charge is 0.340 e. The number of aromatic nitrogens is 4. The Hall–Kier alpha value is -3.24. The summed E-state index contributed by atoms with van der Waals surface area (Å²) >= 11 is 1.28. The smallest absolute Gasteiger partial charge is 0.271 e. The molecule has 0 saturated heterocycles. The maximum absolute atomic E-state index is 12.6. The highest BCUT2D eigenvalue weighted by Gasteiger charge is 2.16. The van der Waals surface area contributed by atoms with Crippen molar-refractivity contribution in [1.82, 2.24) is 19.5 Å². The summed E-state index contributed by atoms with van der Waals surface area (Å²) < 4.78 is 29.8. The van der Waals surface area contributed by atoms with Crippen LogP contribution in [-0.4, -0.2) is 27.9 Å². The summed E-state index contributed by atoms with van der Waals surface area (Å²) in [5.41, 5.74) is 1.27. The number of sulfonamides is 1. The average molecular weight is 441 g/mol. The fraction of sp³-hybridized carbons (Fsp3) is 0.150. The molecule has 3 heterocycles. The molecule has 4 rings (SSSR count). The number of nitrogens with one attached hydrogen (secondary N) is 2. The third kappa shape index (κ3) is 4.50. The first-order chi connectivity index (χ1) is 14.4. The van der Waals surface area contributed by atoms with Crippen LogP contribution in [0.2, 0.25) is 0 Å². The van der Waals surface area contributed by atoms with E-state index in [0.717, 1.165) is 17.0 Å². The minimum Gasteiger partial charge on any atom is -0.340 e. The van der Waals surface area contributed by atoms with Crippen LogP contribution in [-0.2, 0) is 16.4 Å². The molecule has 0 aliphatic rings. The quantitative estimate of drug-likeness (QED) is 0.448. The molecule has 30 heavy (non-hydrogen) atoms. The van der Waals surface area contributed by atoms with Gasteiger partial charge in [0.05, 0.1) is 0 Å². The lowest BCUT2D eigenvalue weighted by atomic mass is 10.3. The monoisotopic (exact) mass is 440 g/mol. The number of aryl methyl sites for hydroxylation is 2. The van der Waals surface area contributed by atoms with Gasteiger partial charge < -0.3 is 5.32 Å². The summed E-state index contributed by atoms with van der Waals surface area (Å²) in [5, 5.41) is 3.22. The van der Waals surface area contributed by atoms with Crippen molar-refractivity contribution in [2.45, 2.75) is 24.5 Å². The van der Waals surface area contributed by atoms with E-state index >= 15 is 0 Å². The van der Waals surface area contributed by atoms with Gasteiger partial charge >= 0.3 is 0 Å². The molecule has 8 nitrogen and oxygen atoms in total. The van der Waals surface area contributed by atoms with Gasteiger partial charge in [-0.05, 0) is 49.7 Å². The molecule has 0 aliphatic heterocycles. The van der Waals surface area contributed by atoms with Crippen molar-refractivity contribution in [3.05, 3.63) is 71.9 Å². The topological polar surface area (TPSA) is 102 Å². The Morgan fingerprint density at radius 2 is 1.83 bits per heavy atom. The SMILES string of the molecule is CCc1ccc(S(=O)(=O)Nc2ccc(Nc3cc(-n4ccnc4)nc(C)n3)cc2)s1. The van der Waals surface area contributed by atoms with E-state index in [-0.39, 0.29) is 0 Å². The summed E-state index contributed by atoms with van der Waals surface area (Å²) in [6.07, 6.45) is 5.97. The van der Waals surface area contributed by atoms with Crippen LogP contribution < -0.4 is 10.0 Å². The summed E-state index contributed by atoms with van der Waals surface area (Å²) in [5.74, 6) is 1.95. The van der Waals surface area contributed by atoms with Crippen LogP contribution in [0.1, 0.15) is 17.6 Å². The van der Waals surface area contributed by atoms with E-state index in [1.807, 2.05) is 32.2 Å². The third-order valence-electron chi connectivity index (χ3n) is 4.25. The minimum atomic E-state index is -3.59. The molecule has 10 heteroatoms. The van der Waals surface area contributed by atoms with Crippen LogP contribution in [0.4, 0.5) is 17.2 Å². The Bertz CT molecular complexity index is 1250. The molecule has 0 saturated carbocycles. The lowest BCUT2D eigenvalue weighted by Gasteiger charge is -2.10. The van der Waals surface area contributed by atoms with E-state index in [2.05, 4.69) is 25.0 Å². The number of thiophene rings is 1. The predicted molar refractivity (Wildman–Crippen MR) is 118 cm³/mol. The molecule has 0 fully saturated rings. The molecule has 0 unspecified atom stereocenters. The Labute approximate surface area is 178 Å². The molecule has 0 bridgehead atoms. The van der Waals surface area contributed by atoms with Crippen LogP contribution in [0.5, 0.6) is 0 Å². The van der Waals surface area contributed by atoms with Gasteiger partial charge in [0, 0.05) is 34.7 Å². The average Bonchev–Trinajstić information content (AvgIpc) is 3.41. The summed E-state index contributed by atoms with van der Waals surface area (Å²) in [6, 6.07) is 12.3. The molecule has 0 aliphatic carbocycles. The van der Waals surface area contributed by atoms with Gasteiger partial charge in [0.15, 0.2) is 0 Å². The molecular formula is C20H20N6O2S2. The van der Waals surface area contributed by atoms with Crippen LogP contribution in [0.15, 0.2) is 65.4 Å². The van der Waals surface area contributed by atoms with Gasteiger partial charge in [-0.2, -0.15) is 0 Å². The van der Waals surface area contributed by atoms with Gasteiger partial charge in [0.1, 0.15) is 28.0 Å². The lowest BCUT2D eigenvalue weighted by molar-refractivity contribution is 0.603. The summed E-state index contributed by atoms with van der Waals surface area (Å²) in [7, 11) is -3.59. The first kappa shape index (κ1) is 20.0. The highest BCUT2D eigenvalue weighted by atomic mass is 32.2. The van der Waals surface area contributed by atoms with E-state index < -0.39 is 10.0 Å². The molecule has 4 aromatic rings. The third-order valence-corrected chi connectivity index (χ3v) is 7.36. The van der Waals surface area contributed by atoms with Crippen LogP contribution in [0.25, 0.3) is 5.82 Å². The molecule has 0 amide bonds. The maximum Gasteiger partial charge on any atom is 0.271 e. The van der Waals surface area contributed by atoms with E-state index in [1.165, 1.54) is 11.3 Å². The first-order valence-electron chi connectivity index (χ1n) is 9.25. The molecule has 2 N–H and O–H groups in total. The number of rotatable bonds is 7. The summed E-state index contributed by atoms with van der Waals surface area (Å²) in [4.78, 5) is 13.9. The first-order valence-corrected chi connectivity index (χ1v) is 11.6. The fourth-order valence-electron chi connectivity index (χ4n) is 2.81. The zero-order valence-electron chi connectivity index (χ0n) is 16.4. The molecule has 154 valence electrons. The number of hydrogen-bond donors (Lipinski definition) is 2. The zero-order valence-corrected chi connectivity index (χ0v) is 18.0. The second-order valence-electron chi connectivity index (χ2n) is 6.51. The lowest BCUT2D eigenvalue weighted by Crippen LogP contribution is -2.11. The molecule has 0 radical (unpaired) electrons. The van der Waals surface area contributed by atoms with E-state index in [4.69, 9.17) is 0 Å². The summed E-state index contributed by atoms with van der Waals surface area (Å²) in [6.45, 7) is 3.82. The zero-order chi connectivity index (χ0) is 21.1. The predicted octanol–water partition coefficient (Wildman–Crippen LogP) is 4.14. The van der Waals surface area contributed by atoms with Crippen LogP contribution in [0.3, 0.4) is 0 Å². The number of imidazole rings is 1. The number of nitrogens with zero attached hydrogens (tertiary/aromatic N) is 4. The molecule has 0 atom stereocenters. The maximum atomic E-state index is 12.6. The van der Waals surface area contributed by atoms with Gasteiger partial charge in [-0.15, -0.1) is 11.3 Å². The van der Waals surface area contributed by atoms with Crippen molar-refractivity contribution in [1.29, 1.82) is 0 Å². The fourth-order valence-corrected chi connectivity index (χ4v) is 5.16. The number of hydrogen-bond acceptors (Lipinski definition) is 7. The Kier molecular flexibility index (Phi) is 5.51. The van der Waals surface area contributed by atoms with Crippen molar-refractivity contribution in [3.63, 3.8) is 0 Å². The van der Waals surface area contributed by atoms with E-state index in [9.17, 15) is 8.42 Å². The molecule has 1 aromatic carbocycles. The van der Waals surface area contributed by atoms with Crippen LogP contribution >= 0.6 is 11.3 Å². The van der Waals surface area contributed by atoms with Gasteiger partial charge in [0.2, 0.25) is 0 Å². The van der Waals surface area contributed by atoms with Crippen molar-refractivity contribution >= 4 is 38.6 Å². The van der Waals surface area contributed by atoms with Gasteiger partial charge in [-0.25, -0.2) is 23.4 Å². The van der Waals surface area contributed by atoms with Gasteiger partial charge in [-0.1, -0.05) is 6.92 Å². The van der Waals surface area contributed by atoms with E-state index in [1.54, 1.807) is 47.4 Å². The second-order valence-corrected chi connectivity index (χ2v) is 9.59. The van der Waals surface area contributed by atoms with E-state index in [0.29, 0.717) is 27.4 Å². The molecular weight excluding hydrogens is 420 g/mol. The van der Waals surface area contributed by atoms with Gasteiger partial charge in [-0.3, -0.25) is 9.29 Å².